The molecule has 0 saturated carbocycles. The van der Waals surface area contributed by atoms with Gasteiger partial charge in [0.25, 0.3) is 0 Å². The molecule has 0 atom stereocenters. The van der Waals surface area contributed by atoms with Crippen LogP contribution in [0.1, 0.15) is 22.3 Å². The van der Waals surface area contributed by atoms with Crippen LogP contribution in [-0.2, 0) is 0 Å². The molecule has 0 spiro atoms. The van der Waals surface area contributed by atoms with Gasteiger partial charge in [-0.2, -0.15) is 0 Å². The van der Waals surface area contributed by atoms with E-state index in [0.29, 0.717) is 0 Å². The first-order chi connectivity index (χ1) is 12.8. The Kier molecular flexibility index (Phi) is 5.51. The number of benzene rings is 3. The summed E-state index contributed by atoms with van der Waals surface area (Å²) < 4.78 is 0. The van der Waals surface area contributed by atoms with E-state index in [9.17, 15) is 0 Å². The second-order valence-electron chi connectivity index (χ2n) is 5.77. The Morgan fingerprint density at radius 3 is 1.23 bits per heavy atom. The van der Waals surface area contributed by atoms with E-state index in [1.165, 1.54) is 0 Å². The van der Waals surface area contributed by atoms with E-state index >= 15 is 0 Å². The molecule has 0 aliphatic carbocycles. The summed E-state index contributed by atoms with van der Waals surface area (Å²) in [7, 11) is 0. The highest BCUT2D eigenvalue weighted by Gasteiger charge is 2.09. The zero-order chi connectivity index (χ0) is 18.2. The van der Waals surface area contributed by atoms with E-state index in [2.05, 4.69) is 11.8 Å². The summed E-state index contributed by atoms with van der Waals surface area (Å²) >= 11 is 0. The van der Waals surface area contributed by atoms with E-state index in [0.717, 1.165) is 33.4 Å². The average Bonchev–Trinajstić information content (AvgIpc) is 2.72. The van der Waals surface area contributed by atoms with Crippen LogP contribution in [0.3, 0.4) is 0 Å². The molecule has 0 bridgehead atoms. The van der Waals surface area contributed by atoms with E-state index in [1.807, 2.05) is 97.1 Å². The molecule has 3 aromatic carbocycles. The van der Waals surface area contributed by atoms with Gasteiger partial charge in [0.2, 0.25) is 0 Å². The fourth-order valence-electron chi connectivity index (χ4n) is 2.78. The van der Waals surface area contributed by atoms with Crippen molar-refractivity contribution in [3.05, 3.63) is 107 Å². The maximum absolute atomic E-state index is 5.83. The van der Waals surface area contributed by atoms with Gasteiger partial charge in [-0.05, 0) is 34.4 Å². The van der Waals surface area contributed by atoms with Gasteiger partial charge in [-0.15, -0.1) is 12.8 Å². The zero-order valence-electron chi connectivity index (χ0n) is 14.4. The average molecular weight is 330 g/mol. The summed E-state index contributed by atoms with van der Waals surface area (Å²) in [5.41, 5.74) is 5.65. The van der Waals surface area contributed by atoms with Crippen molar-refractivity contribution in [2.75, 3.05) is 0 Å². The third-order valence-corrected chi connectivity index (χ3v) is 4.04. The van der Waals surface area contributed by atoms with Crippen LogP contribution in [0.15, 0.2) is 84.9 Å². The van der Waals surface area contributed by atoms with Gasteiger partial charge < -0.3 is 0 Å². The lowest BCUT2D eigenvalue weighted by Crippen LogP contribution is -1.92. The number of rotatable bonds is 4. The fourth-order valence-corrected chi connectivity index (χ4v) is 2.78. The van der Waals surface area contributed by atoms with Crippen molar-refractivity contribution in [1.82, 2.24) is 0 Å². The molecule has 0 heteroatoms. The Bertz CT molecular complexity index is 934. The summed E-state index contributed by atoms with van der Waals surface area (Å²) in [5.74, 6) is 5.63. The Balaban J connectivity index is 2.11. The van der Waals surface area contributed by atoms with Gasteiger partial charge >= 0.3 is 0 Å². The predicted octanol–water partition coefficient (Wildman–Crippen LogP) is 6.03. The molecule has 122 valence electrons. The highest BCUT2D eigenvalue weighted by molar-refractivity contribution is 6.00. The minimum absolute atomic E-state index is 0.806. The molecule has 0 nitrogen and oxygen atoms in total. The summed E-state index contributed by atoms with van der Waals surface area (Å²) in [4.78, 5) is 0. The Hall–Kier alpha value is -3.74. The maximum atomic E-state index is 5.83. The number of terminal acetylenes is 2. The normalized spacial score (nSPS) is 11.5. The Morgan fingerprint density at radius 2 is 0.885 bits per heavy atom. The third-order valence-electron chi connectivity index (χ3n) is 4.04. The van der Waals surface area contributed by atoms with Gasteiger partial charge in [-0.25, -0.2) is 0 Å². The lowest BCUT2D eigenvalue weighted by atomic mass is 9.92. The molecule has 0 unspecified atom stereocenters. The van der Waals surface area contributed by atoms with E-state index in [4.69, 9.17) is 12.8 Å². The lowest BCUT2D eigenvalue weighted by Gasteiger charge is -2.10. The summed E-state index contributed by atoms with van der Waals surface area (Å²) in [6.45, 7) is 0. The molecule has 0 heterocycles. The third kappa shape index (κ3) is 4.02. The van der Waals surface area contributed by atoms with E-state index in [1.54, 1.807) is 0 Å². The monoisotopic (exact) mass is 330 g/mol. The molecule has 0 radical (unpaired) electrons. The summed E-state index contributed by atoms with van der Waals surface area (Å²) in [6.07, 6.45) is 15.7. The highest BCUT2D eigenvalue weighted by Crippen LogP contribution is 2.28. The molecule has 3 rings (SSSR count). The second-order valence-corrected chi connectivity index (χ2v) is 5.77. The van der Waals surface area contributed by atoms with Crippen LogP contribution in [0.25, 0.3) is 23.3 Å². The molecule has 0 saturated heterocycles. The smallest absolute Gasteiger partial charge is 0.0327 e. The van der Waals surface area contributed by atoms with Gasteiger partial charge in [-0.3, -0.25) is 0 Å². The quantitative estimate of drug-likeness (QED) is 0.404. The standard InChI is InChI=1S/C26H18/c1-3-23(19-21-13-7-5-8-14-21)25-17-11-12-18-26(25)24(4-2)20-22-15-9-6-10-16-22/h1-2,5-20H. The van der Waals surface area contributed by atoms with E-state index < -0.39 is 0 Å². The first kappa shape index (κ1) is 17.1. The van der Waals surface area contributed by atoms with Crippen molar-refractivity contribution < 1.29 is 0 Å². The van der Waals surface area contributed by atoms with Crippen LogP contribution in [0, 0.1) is 24.7 Å². The molecular formula is C26H18. The van der Waals surface area contributed by atoms with Gasteiger partial charge in [0.15, 0.2) is 0 Å². The molecular weight excluding hydrogens is 312 g/mol. The van der Waals surface area contributed by atoms with Crippen molar-refractivity contribution in [3.8, 4) is 24.7 Å². The van der Waals surface area contributed by atoms with Crippen molar-refractivity contribution in [2.45, 2.75) is 0 Å². The number of hydrogen-bond acceptors (Lipinski definition) is 0. The first-order valence-electron chi connectivity index (χ1n) is 8.38. The summed E-state index contributed by atoms with van der Waals surface area (Å²) in [5, 5.41) is 0. The van der Waals surface area contributed by atoms with Crippen LogP contribution in [-0.4, -0.2) is 0 Å². The molecule has 26 heavy (non-hydrogen) atoms. The van der Waals surface area contributed by atoms with Crippen molar-refractivity contribution in [3.63, 3.8) is 0 Å². The largest absolute Gasteiger partial charge is 0.115 e. The first-order valence-corrected chi connectivity index (χ1v) is 8.38. The molecule has 3 aromatic rings. The van der Waals surface area contributed by atoms with Gasteiger partial charge in [0.1, 0.15) is 0 Å². The van der Waals surface area contributed by atoms with Crippen molar-refractivity contribution >= 4 is 23.3 Å². The lowest BCUT2D eigenvalue weighted by molar-refractivity contribution is 1.57. The number of hydrogen-bond donors (Lipinski definition) is 0. The SMILES string of the molecule is C#CC(=Cc1ccccc1)c1ccccc1C(C#C)=Cc1ccccc1. The molecule has 0 amide bonds. The predicted molar refractivity (Wildman–Crippen MR) is 113 cm³/mol. The zero-order valence-corrected chi connectivity index (χ0v) is 14.4. The van der Waals surface area contributed by atoms with E-state index in [-0.39, 0.29) is 0 Å². The number of allylic oxidation sites excluding steroid dienone is 2. The van der Waals surface area contributed by atoms with Crippen molar-refractivity contribution in [2.24, 2.45) is 0 Å². The highest BCUT2D eigenvalue weighted by atomic mass is 14.1. The molecule has 0 N–H and O–H groups in total. The van der Waals surface area contributed by atoms with Crippen LogP contribution in [0.5, 0.6) is 0 Å². The second kappa shape index (κ2) is 8.39. The van der Waals surface area contributed by atoms with Crippen LogP contribution < -0.4 is 0 Å². The molecule has 0 aliphatic rings. The molecule has 0 fully saturated rings. The Morgan fingerprint density at radius 1 is 0.538 bits per heavy atom. The van der Waals surface area contributed by atoms with Gasteiger partial charge in [0, 0.05) is 11.1 Å². The maximum Gasteiger partial charge on any atom is 0.0327 e. The Labute approximate surface area is 155 Å². The summed E-state index contributed by atoms with van der Waals surface area (Å²) in [6, 6.07) is 28.1. The minimum Gasteiger partial charge on any atom is -0.115 e. The molecule has 0 aromatic heterocycles. The van der Waals surface area contributed by atoms with Crippen LogP contribution in [0.2, 0.25) is 0 Å². The minimum atomic E-state index is 0.806. The molecule has 0 aliphatic heterocycles. The van der Waals surface area contributed by atoms with Crippen LogP contribution in [0.4, 0.5) is 0 Å². The van der Waals surface area contributed by atoms with Crippen LogP contribution >= 0.6 is 0 Å². The topological polar surface area (TPSA) is 0 Å². The fraction of sp³-hybridized carbons (Fsp3) is 0. The van der Waals surface area contributed by atoms with Crippen molar-refractivity contribution in [1.29, 1.82) is 0 Å². The van der Waals surface area contributed by atoms with Gasteiger partial charge in [-0.1, -0.05) is 96.8 Å². The van der Waals surface area contributed by atoms with Gasteiger partial charge in [0.05, 0.1) is 0 Å².